The van der Waals surface area contributed by atoms with Gasteiger partial charge in [-0.1, -0.05) is 23.7 Å². The maximum Gasteiger partial charge on any atom is 0.292 e. The molecule has 0 aliphatic heterocycles. The van der Waals surface area contributed by atoms with Crippen LogP contribution in [0.4, 0.5) is 4.39 Å². The highest BCUT2D eigenvalue weighted by Crippen LogP contribution is 2.19. The van der Waals surface area contributed by atoms with Crippen molar-refractivity contribution in [1.82, 2.24) is 10.3 Å². The van der Waals surface area contributed by atoms with Crippen molar-refractivity contribution in [2.24, 2.45) is 0 Å². The summed E-state index contributed by atoms with van der Waals surface area (Å²) in [7, 11) is 0. The maximum absolute atomic E-state index is 13.2. The van der Waals surface area contributed by atoms with E-state index in [0.29, 0.717) is 28.9 Å². The number of rotatable bonds is 5. The molecule has 0 fully saturated rings. The molecule has 1 aromatic heterocycles. The minimum absolute atomic E-state index is 0.231. The van der Waals surface area contributed by atoms with Crippen molar-refractivity contribution >= 4 is 34.2 Å². The van der Waals surface area contributed by atoms with Crippen molar-refractivity contribution in [1.29, 1.82) is 0 Å². The molecule has 0 saturated carbocycles. The summed E-state index contributed by atoms with van der Waals surface area (Å²) >= 11 is 5.81. The highest BCUT2D eigenvalue weighted by Gasteiger charge is 2.19. The Morgan fingerprint density at radius 1 is 1.12 bits per heavy atom. The Labute approximate surface area is 142 Å². The summed E-state index contributed by atoms with van der Waals surface area (Å²) in [5.41, 5.74) is 1.72. The van der Waals surface area contributed by atoms with E-state index in [2.05, 4.69) is 10.3 Å². The van der Waals surface area contributed by atoms with E-state index in [1.54, 1.807) is 12.1 Å². The number of hydrogen-bond donors (Lipinski definition) is 2. The summed E-state index contributed by atoms with van der Waals surface area (Å²) in [4.78, 5) is 27.1. The van der Waals surface area contributed by atoms with Crippen LogP contribution in [0.3, 0.4) is 0 Å². The van der Waals surface area contributed by atoms with Crippen molar-refractivity contribution in [3.05, 3.63) is 70.6 Å². The van der Waals surface area contributed by atoms with Crippen LogP contribution in [0.25, 0.3) is 10.9 Å². The number of carbonyl (C=O) groups is 2. The number of Topliss-reactive ketones (excluding diaryl/α,β-unsaturated/α-hetero) is 1. The van der Waals surface area contributed by atoms with Crippen molar-refractivity contribution in [2.75, 3.05) is 6.54 Å². The van der Waals surface area contributed by atoms with Gasteiger partial charge in [-0.05, 0) is 42.3 Å². The van der Waals surface area contributed by atoms with Gasteiger partial charge in [-0.25, -0.2) is 4.39 Å². The molecule has 0 unspecified atom stereocenters. The summed E-state index contributed by atoms with van der Waals surface area (Å²) in [6, 6.07) is 11.3. The van der Waals surface area contributed by atoms with Gasteiger partial charge in [-0.15, -0.1) is 0 Å². The fourth-order valence-electron chi connectivity index (χ4n) is 2.46. The van der Waals surface area contributed by atoms with Gasteiger partial charge in [0.2, 0.25) is 0 Å². The van der Waals surface area contributed by atoms with Crippen molar-refractivity contribution in [3.8, 4) is 0 Å². The van der Waals surface area contributed by atoms with Gasteiger partial charge >= 0.3 is 0 Å². The molecule has 0 aliphatic carbocycles. The van der Waals surface area contributed by atoms with E-state index in [0.717, 1.165) is 5.56 Å². The number of aromatic nitrogens is 1. The zero-order valence-corrected chi connectivity index (χ0v) is 13.4. The predicted molar refractivity (Wildman–Crippen MR) is 90.8 cm³/mol. The molecule has 2 N–H and O–H groups in total. The zero-order valence-electron chi connectivity index (χ0n) is 12.6. The number of carbonyl (C=O) groups excluding carboxylic acids is 2. The quantitative estimate of drug-likeness (QED) is 0.549. The number of ketones is 1. The average molecular weight is 345 g/mol. The fourth-order valence-corrected chi connectivity index (χ4v) is 2.59. The van der Waals surface area contributed by atoms with E-state index in [-0.39, 0.29) is 5.56 Å². The van der Waals surface area contributed by atoms with Crippen LogP contribution in [0.15, 0.2) is 48.7 Å². The molecular weight excluding hydrogens is 331 g/mol. The lowest BCUT2D eigenvalue weighted by atomic mass is 10.1. The highest BCUT2D eigenvalue weighted by molar-refractivity contribution is 6.44. The molecule has 0 radical (unpaired) electrons. The van der Waals surface area contributed by atoms with Crippen molar-refractivity contribution < 1.29 is 14.0 Å². The van der Waals surface area contributed by atoms with Crippen LogP contribution in [-0.4, -0.2) is 23.2 Å². The number of halogens is 2. The highest BCUT2D eigenvalue weighted by atomic mass is 35.5. The number of H-pyrrole nitrogens is 1. The molecule has 122 valence electrons. The van der Waals surface area contributed by atoms with E-state index in [9.17, 15) is 14.0 Å². The van der Waals surface area contributed by atoms with Gasteiger partial charge in [-0.3, -0.25) is 9.59 Å². The number of hydrogen-bond acceptors (Lipinski definition) is 2. The Bertz CT molecular complexity index is 903. The van der Waals surface area contributed by atoms with E-state index < -0.39 is 17.5 Å². The molecular formula is C18H14ClFN2O2. The van der Waals surface area contributed by atoms with Crippen LogP contribution in [0.1, 0.15) is 15.9 Å². The second kappa shape index (κ2) is 6.84. The summed E-state index contributed by atoms with van der Waals surface area (Å²) in [6.45, 7) is 0.336. The third-order valence-electron chi connectivity index (χ3n) is 3.71. The van der Waals surface area contributed by atoms with Crippen LogP contribution in [0.5, 0.6) is 0 Å². The Hall–Kier alpha value is -2.66. The topological polar surface area (TPSA) is 62.0 Å². The minimum atomic E-state index is -0.686. The minimum Gasteiger partial charge on any atom is -0.360 e. The monoisotopic (exact) mass is 344 g/mol. The third-order valence-corrected chi connectivity index (χ3v) is 3.96. The lowest BCUT2D eigenvalue weighted by Crippen LogP contribution is -2.32. The molecule has 0 bridgehead atoms. The van der Waals surface area contributed by atoms with Gasteiger partial charge in [0.1, 0.15) is 5.82 Å². The molecule has 3 rings (SSSR count). The molecule has 0 atom stereocenters. The first-order valence-corrected chi connectivity index (χ1v) is 7.76. The molecule has 1 heterocycles. The number of aromatic amines is 1. The summed E-state index contributed by atoms with van der Waals surface area (Å²) in [5, 5.41) is 3.77. The van der Waals surface area contributed by atoms with Crippen molar-refractivity contribution in [2.45, 2.75) is 6.42 Å². The molecule has 24 heavy (non-hydrogen) atoms. The van der Waals surface area contributed by atoms with E-state index in [1.165, 1.54) is 24.4 Å². The largest absolute Gasteiger partial charge is 0.360 e. The Balaban J connectivity index is 1.63. The molecule has 0 aliphatic rings. The number of nitrogens with one attached hydrogen (secondary N) is 2. The lowest BCUT2D eigenvalue weighted by Gasteiger charge is -2.04. The van der Waals surface area contributed by atoms with Gasteiger partial charge in [-0.2, -0.15) is 0 Å². The van der Waals surface area contributed by atoms with Gasteiger partial charge in [0.25, 0.3) is 11.7 Å². The van der Waals surface area contributed by atoms with E-state index >= 15 is 0 Å². The maximum atomic E-state index is 13.2. The Kier molecular flexibility index (Phi) is 4.62. The van der Waals surface area contributed by atoms with Crippen molar-refractivity contribution in [3.63, 3.8) is 0 Å². The van der Waals surface area contributed by atoms with Gasteiger partial charge in [0, 0.05) is 28.7 Å². The standard InChI is InChI=1S/C18H14ClFN2O2/c19-12-3-1-11(2-4-12)7-8-21-18(24)17(23)15-10-22-16-9-13(20)5-6-14(15)16/h1-6,9-10,22H,7-8H2,(H,21,24). The van der Waals surface area contributed by atoms with Gasteiger partial charge in [0.15, 0.2) is 0 Å². The first-order valence-electron chi connectivity index (χ1n) is 7.38. The molecule has 1 amide bonds. The first-order chi connectivity index (χ1) is 11.5. The normalized spacial score (nSPS) is 10.8. The van der Waals surface area contributed by atoms with Crippen LogP contribution in [0, 0.1) is 5.82 Å². The van der Waals surface area contributed by atoms with Gasteiger partial charge in [0.05, 0.1) is 5.56 Å². The average Bonchev–Trinajstić information content (AvgIpc) is 2.98. The SMILES string of the molecule is O=C(NCCc1ccc(Cl)cc1)C(=O)c1c[nH]c2cc(F)ccc12. The molecule has 0 saturated heterocycles. The Morgan fingerprint density at radius 2 is 1.88 bits per heavy atom. The van der Waals surface area contributed by atoms with E-state index in [4.69, 9.17) is 11.6 Å². The first kappa shape index (κ1) is 16.2. The number of fused-ring (bicyclic) bond motifs is 1. The molecule has 0 spiro atoms. The van der Waals surface area contributed by atoms with Crippen LogP contribution >= 0.6 is 11.6 Å². The second-order valence-electron chi connectivity index (χ2n) is 5.35. The lowest BCUT2D eigenvalue weighted by molar-refractivity contribution is -0.116. The Morgan fingerprint density at radius 3 is 2.62 bits per heavy atom. The number of benzene rings is 2. The zero-order chi connectivity index (χ0) is 17.1. The molecule has 3 aromatic rings. The predicted octanol–water partition coefficient (Wildman–Crippen LogP) is 3.50. The van der Waals surface area contributed by atoms with Crippen LogP contribution < -0.4 is 5.32 Å². The van der Waals surface area contributed by atoms with Crippen LogP contribution in [0.2, 0.25) is 5.02 Å². The molecule has 6 heteroatoms. The molecule has 4 nitrogen and oxygen atoms in total. The van der Waals surface area contributed by atoms with E-state index in [1.807, 2.05) is 12.1 Å². The molecule has 2 aromatic carbocycles. The van der Waals surface area contributed by atoms with Crippen LogP contribution in [-0.2, 0) is 11.2 Å². The summed E-state index contributed by atoms with van der Waals surface area (Å²) < 4.78 is 13.2. The fraction of sp³-hybridized carbons (Fsp3) is 0.111. The summed E-state index contributed by atoms with van der Waals surface area (Å²) in [6.07, 6.45) is 2.01. The number of amides is 1. The van der Waals surface area contributed by atoms with Gasteiger partial charge < -0.3 is 10.3 Å². The third kappa shape index (κ3) is 3.46. The smallest absolute Gasteiger partial charge is 0.292 e. The summed E-state index contributed by atoms with van der Waals surface area (Å²) in [5.74, 6) is -1.74. The second-order valence-corrected chi connectivity index (χ2v) is 5.79.